The average Bonchev–Trinajstić information content (AvgIpc) is 3.41. The van der Waals surface area contributed by atoms with E-state index in [0.717, 1.165) is 31.2 Å². The van der Waals surface area contributed by atoms with E-state index in [4.69, 9.17) is 0 Å². The summed E-state index contributed by atoms with van der Waals surface area (Å²) in [6.45, 7) is 0.0648. The largest absolute Gasteiger partial charge is 0.352 e. The summed E-state index contributed by atoms with van der Waals surface area (Å²) in [5, 5.41) is 14.7. The Bertz CT molecular complexity index is 1230. The number of carbonyl (C=O) groups excluding carboxylic acids is 2. The van der Waals surface area contributed by atoms with E-state index in [-0.39, 0.29) is 42.6 Å². The SMILES string of the molecule is O=C(NC1CCCC1)[C@H](Cc1ccccc1)N(Cc1ccc(F)cc1)C(=O)Cc1ccccc1[N+](=O)[O-]. The third-order valence-corrected chi connectivity index (χ3v) is 6.77. The van der Waals surface area contributed by atoms with Crippen LogP contribution in [0.1, 0.15) is 42.4 Å². The van der Waals surface area contributed by atoms with Crippen molar-refractivity contribution in [3.05, 3.63) is 111 Å². The van der Waals surface area contributed by atoms with E-state index in [0.29, 0.717) is 5.56 Å². The Labute approximate surface area is 215 Å². The van der Waals surface area contributed by atoms with E-state index in [9.17, 15) is 24.1 Å². The van der Waals surface area contributed by atoms with Gasteiger partial charge < -0.3 is 10.2 Å². The zero-order valence-corrected chi connectivity index (χ0v) is 20.5. The van der Waals surface area contributed by atoms with Gasteiger partial charge >= 0.3 is 0 Å². The summed E-state index contributed by atoms with van der Waals surface area (Å²) in [6, 6.07) is 20.5. The third kappa shape index (κ3) is 7.00. The van der Waals surface area contributed by atoms with E-state index in [2.05, 4.69) is 5.32 Å². The second kappa shape index (κ2) is 12.3. The van der Waals surface area contributed by atoms with Crippen LogP contribution in [0.3, 0.4) is 0 Å². The van der Waals surface area contributed by atoms with Crippen molar-refractivity contribution in [2.75, 3.05) is 0 Å². The van der Waals surface area contributed by atoms with Gasteiger partial charge in [-0.15, -0.1) is 0 Å². The minimum Gasteiger partial charge on any atom is -0.352 e. The molecule has 0 unspecified atom stereocenters. The lowest BCUT2D eigenvalue weighted by molar-refractivity contribution is -0.385. The van der Waals surface area contributed by atoms with Gasteiger partial charge in [0.05, 0.1) is 11.3 Å². The summed E-state index contributed by atoms with van der Waals surface area (Å²) >= 11 is 0. The fraction of sp³-hybridized carbons (Fsp3) is 0.310. The number of hydrogen-bond acceptors (Lipinski definition) is 4. The number of halogens is 1. The van der Waals surface area contributed by atoms with Crippen molar-refractivity contribution in [1.29, 1.82) is 0 Å². The molecule has 1 aliphatic rings. The van der Waals surface area contributed by atoms with Crippen LogP contribution in [-0.2, 0) is 29.0 Å². The van der Waals surface area contributed by atoms with Gasteiger partial charge in [-0.3, -0.25) is 19.7 Å². The van der Waals surface area contributed by atoms with Gasteiger partial charge in [-0.05, 0) is 36.1 Å². The van der Waals surface area contributed by atoms with Crippen molar-refractivity contribution in [2.45, 2.75) is 57.2 Å². The van der Waals surface area contributed by atoms with Crippen LogP contribution in [0.4, 0.5) is 10.1 Å². The molecule has 1 fully saturated rings. The molecule has 192 valence electrons. The highest BCUT2D eigenvalue weighted by Gasteiger charge is 2.33. The van der Waals surface area contributed by atoms with Gasteiger partial charge in [0.2, 0.25) is 11.8 Å². The van der Waals surface area contributed by atoms with E-state index in [1.807, 2.05) is 30.3 Å². The lowest BCUT2D eigenvalue weighted by Crippen LogP contribution is -2.52. The topological polar surface area (TPSA) is 92.6 Å². The number of nitrogens with one attached hydrogen (secondary N) is 1. The van der Waals surface area contributed by atoms with Crippen LogP contribution in [-0.4, -0.2) is 33.7 Å². The monoisotopic (exact) mass is 503 g/mol. The Balaban J connectivity index is 1.68. The Kier molecular flexibility index (Phi) is 8.61. The molecule has 8 heteroatoms. The molecule has 0 spiro atoms. The van der Waals surface area contributed by atoms with Crippen molar-refractivity contribution >= 4 is 17.5 Å². The maximum Gasteiger partial charge on any atom is 0.273 e. The van der Waals surface area contributed by atoms with Crippen LogP contribution in [0.5, 0.6) is 0 Å². The van der Waals surface area contributed by atoms with E-state index >= 15 is 0 Å². The zero-order valence-electron chi connectivity index (χ0n) is 20.5. The predicted molar refractivity (Wildman–Crippen MR) is 138 cm³/mol. The molecule has 4 rings (SSSR count). The minimum absolute atomic E-state index is 0.0590. The summed E-state index contributed by atoms with van der Waals surface area (Å²) in [5.74, 6) is -1.07. The molecular formula is C29H30FN3O4. The summed E-state index contributed by atoms with van der Waals surface area (Å²) in [6.07, 6.45) is 3.93. The molecule has 7 nitrogen and oxygen atoms in total. The smallest absolute Gasteiger partial charge is 0.273 e. The molecule has 0 bridgehead atoms. The molecule has 1 aliphatic carbocycles. The van der Waals surface area contributed by atoms with Gasteiger partial charge in [0.15, 0.2) is 0 Å². The van der Waals surface area contributed by atoms with E-state index in [1.54, 1.807) is 30.3 Å². The fourth-order valence-corrected chi connectivity index (χ4v) is 4.81. The first-order valence-corrected chi connectivity index (χ1v) is 12.5. The highest BCUT2D eigenvalue weighted by molar-refractivity contribution is 5.89. The second-order valence-corrected chi connectivity index (χ2v) is 9.41. The number of nitro groups is 1. The van der Waals surface area contributed by atoms with Gasteiger partial charge in [0, 0.05) is 30.6 Å². The molecule has 37 heavy (non-hydrogen) atoms. The zero-order chi connectivity index (χ0) is 26.2. The van der Waals surface area contributed by atoms with Crippen molar-refractivity contribution in [3.63, 3.8) is 0 Å². The lowest BCUT2D eigenvalue weighted by Gasteiger charge is -2.32. The van der Waals surface area contributed by atoms with Crippen LogP contribution in [0.15, 0.2) is 78.9 Å². The predicted octanol–water partition coefficient (Wildman–Crippen LogP) is 4.98. The first kappa shape index (κ1) is 26.0. The van der Waals surface area contributed by atoms with Crippen LogP contribution >= 0.6 is 0 Å². The molecule has 1 saturated carbocycles. The molecule has 0 saturated heterocycles. The summed E-state index contributed by atoms with van der Waals surface area (Å²) in [5.41, 5.74) is 1.67. The van der Waals surface area contributed by atoms with Gasteiger partial charge in [-0.25, -0.2) is 4.39 Å². The van der Waals surface area contributed by atoms with Crippen LogP contribution in [0, 0.1) is 15.9 Å². The van der Waals surface area contributed by atoms with Gasteiger partial charge in [0.25, 0.3) is 5.69 Å². The fourth-order valence-electron chi connectivity index (χ4n) is 4.81. The molecule has 0 heterocycles. The maximum absolute atomic E-state index is 13.8. The molecule has 1 atom stereocenters. The maximum atomic E-state index is 13.8. The lowest BCUT2D eigenvalue weighted by atomic mass is 10.0. The number of benzene rings is 3. The Morgan fingerprint density at radius 2 is 1.59 bits per heavy atom. The van der Waals surface area contributed by atoms with Gasteiger partial charge in [-0.2, -0.15) is 0 Å². The quantitative estimate of drug-likeness (QED) is 0.312. The highest BCUT2D eigenvalue weighted by atomic mass is 19.1. The Morgan fingerprint density at radius 1 is 0.946 bits per heavy atom. The van der Waals surface area contributed by atoms with E-state index in [1.165, 1.54) is 23.1 Å². The summed E-state index contributed by atoms with van der Waals surface area (Å²) < 4.78 is 13.6. The number of carbonyl (C=O) groups is 2. The molecule has 3 aromatic rings. The number of nitro benzene ring substituents is 1. The first-order valence-electron chi connectivity index (χ1n) is 12.5. The number of nitrogens with zero attached hydrogens (tertiary/aromatic N) is 2. The van der Waals surface area contributed by atoms with Crippen molar-refractivity contribution in [3.8, 4) is 0 Å². The van der Waals surface area contributed by atoms with Crippen LogP contribution in [0.25, 0.3) is 0 Å². The van der Waals surface area contributed by atoms with Crippen molar-refractivity contribution in [2.24, 2.45) is 0 Å². The molecule has 0 radical (unpaired) electrons. The van der Waals surface area contributed by atoms with Crippen molar-refractivity contribution in [1.82, 2.24) is 10.2 Å². The van der Waals surface area contributed by atoms with Crippen molar-refractivity contribution < 1.29 is 18.9 Å². The first-order chi connectivity index (χ1) is 17.9. The molecule has 0 aliphatic heterocycles. The van der Waals surface area contributed by atoms with E-state index < -0.39 is 22.7 Å². The number of hydrogen-bond donors (Lipinski definition) is 1. The minimum atomic E-state index is -0.844. The molecule has 1 N–H and O–H groups in total. The average molecular weight is 504 g/mol. The summed E-state index contributed by atoms with van der Waals surface area (Å²) in [4.78, 5) is 39.9. The normalized spacial score (nSPS) is 14.2. The highest BCUT2D eigenvalue weighted by Crippen LogP contribution is 2.23. The van der Waals surface area contributed by atoms with Crippen LogP contribution in [0.2, 0.25) is 0 Å². The molecule has 3 aromatic carbocycles. The Morgan fingerprint density at radius 3 is 2.27 bits per heavy atom. The molecule has 0 aromatic heterocycles. The second-order valence-electron chi connectivity index (χ2n) is 9.41. The Hall–Kier alpha value is -4.07. The molecule has 2 amide bonds. The van der Waals surface area contributed by atoms with Gasteiger partial charge in [0.1, 0.15) is 11.9 Å². The number of para-hydroxylation sites is 1. The summed E-state index contributed by atoms with van der Waals surface area (Å²) in [7, 11) is 0. The standard InChI is InChI=1S/C29H30FN3O4/c30-24-16-14-22(15-17-24)20-32(28(34)19-23-10-4-7-13-26(23)33(36)37)27(18-21-8-2-1-3-9-21)29(35)31-25-11-5-6-12-25/h1-4,7-10,13-17,25,27H,5-6,11-12,18-20H2,(H,31,35)/t27-/m0/s1. The van der Waals surface area contributed by atoms with Gasteiger partial charge in [-0.1, -0.05) is 73.5 Å². The third-order valence-electron chi connectivity index (χ3n) is 6.77. The number of rotatable bonds is 10. The number of amides is 2. The van der Waals surface area contributed by atoms with Crippen LogP contribution < -0.4 is 5.32 Å². The molecular weight excluding hydrogens is 473 g/mol.